The first-order valence-corrected chi connectivity index (χ1v) is 9.45. The second-order valence-electron chi connectivity index (χ2n) is 6.61. The predicted molar refractivity (Wildman–Crippen MR) is 109 cm³/mol. The van der Waals surface area contributed by atoms with Crippen LogP contribution < -0.4 is 10.5 Å². The molecule has 5 nitrogen and oxygen atoms in total. The zero-order chi connectivity index (χ0) is 19.4. The minimum absolute atomic E-state index is 0.144. The van der Waals surface area contributed by atoms with Crippen LogP contribution in [0.4, 0.5) is 5.69 Å². The lowest BCUT2D eigenvalue weighted by molar-refractivity contribution is 0.0982. The summed E-state index contributed by atoms with van der Waals surface area (Å²) < 4.78 is 1.44. The number of unbranched alkanes of at least 4 members (excludes halogenated alkanes) is 1. The van der Waals surface area contributed by atoms with Gasteiger partial charge in [0.2, 0.25) is 0 Å². The highest BCUT2D eigenvalue weighted by molar-refractivity contribution is 6.12. The summed E-state index contributed by atoms with van der Waals surface area (Å²) in [6.45, 7) is 7.03. The number of benzene rings is 2. The van der Waals surface area contributed by atoms with E-state index in [1.54, 1.807) is 17.0 Å². The van der Waals surface area contributed by atoms with Crippen molar-refractivity contribution in [1.82, 2.24) is 9.78 Å². The fraction of sp³-hybridized carbons (Fsp3) is 0.318. The topological polar surface area (TPSA) is 55.2 Å². The molecule has 3 aromatic rings. The van der Waals surface area contributed by atoms with Gasteiger partial charge in [0, 0.05) is 24.2 Å². The Hall–Kier alpha value is -2.95. The highest BCUT2D eigenvalue weighted by Gasteiger charge is 2.23. The predicted octanol–water partition coefficient (Wildman–Crippen LogP) is 4.17. The first-order chi connectivity index (χ1) is 13.1. The Balaban J connectivity index is 2.17. The number of para-hydroxylation sites is 1. The fourth-order valence-corrected chi connectivity index (χ4v) is 3.27. The summed E-state index contributed by atoms with van der Waals surface area (Å²) in [6.07, 6.45) is 1.79. The Morgan fingerprint density at radius 3 is 2.37 bits per heavy atom. The standard InChI is InChI=1S/C22H25N3O2/c1-4-6-15-25-21(26)18-13-9-8-12-17(18)20(23-25)22(27)24(5-2)19-14-10-7-11-16(19)3/h7-14H,4-6,15H2,1-3H3. The maximum Gasteiger partial charge on any atom is 0.279 e. The van der Waals surface area contributed by atoms with Crippen LogP contribution in [0.3, 0.4) is 0 Å². The molecule has 0 radical (unpaired) electrons. The Morgan fingerprint density at radius 2 is 1.70 bits per heavy atom. The average Bonchev–Trinajstić information content (AvgIpc) is 2.69. The summed E-state index contributed by atoms with van der Waals surface area (Å²) in [7, 11) is 0. The molecule has 140 valence electrons. The summed E-state index contributed by atoms with van der Waals surface area (Å²) in [5.74, 6) is -0.187. The SMILES string of the molecule is CCCCn1nc(C(=O)N(CC)c2ccccc2C)c2ccccc2c1=O. The van der Waals surface area contributed by atoms with Crippen molar-refractivity contribution in [3.05, 3.63) is 70.1 Å². The molecule has 0 unspecified atom stereocenters. The van der Waals surface area contributed by atoms with Crippen molar-refractivity contribution < 1.29 is 4.79 Å². The van der Waals surface area contributed by atoms with Crippen molar-refractivity contribution in [3.63, 3.8) is 0 Å². The molecule has 0 aliphatic rings. The molecule has 0 atom stereocenters. The van der Waals surface area contributed by atoms with Gasteiger partial charge < -0.3 is 4.90 Å². The van der Waals surface area contributed by atoms with Gasteiger partial charge in [-0.25, -0.2) is 4.68 Å². The molecule has 0 saturated carbocycles. The monoisotopic (exact) mass is 363 g/mol. The van der Waals surface area contributed by atoms with E-state index in [2.05, 4.69) is 12.0 Å². The lowest BCUT2D eigenvalue weighted by Gasteiger charge is -2.23. The minimum atomic E-state index is -0.187. The molecule has 5 heteroatoms. The lowest BCUT2D eigenvalue weighted by atomic mass is 10.1. The molecule has 0 fully saturated rings. The van der Waals surface area contributed by atoms with E-state index in [-0.39, 0.29) is 11.5 Å². The van der Waals surface area contributed by atoms with E-state index >= 15 is 0 Å². The Morgan fingerprint density at radius 1 is 1.04 bits per heavy atom. The number of amides is 1. The van der Waals surface area contributed by atoms with E-state index in [0.717, 1.165) is 24.1 Å². The van der Waals surface area contributed by atoms with E-state index < -0.39 is 0 Å². The van der Waals surface area contributed by atoms with E-state index in [1.165, 1.54) is 4.68 Å². The zero-order valence-corrected chi connectivity index (χ0v) is 16.1. The van der Waals surface area contributed by atoms with Gasteiger partial charge in [0.1, 0.15) is 0 Å². The number of carbonyl (C=O) groups is 1. The normalized spacial score (nSPS) is 10.9. The number of aromatic nitrogens is 2. The number of nitrogens with zero attached hydrogens (tertiary/aromatic N) is 3. The molecule has 0 saturated heterocycles. The fourth-order valence-electron chi connectivity index (χ4n) is 3.27. The summed E-state index contributed by atoms with van der Waals surface area (Å²) in [6, 6.07) is 15.0. The molecule has 27 heavy (non-hydrogen) atoms. The summed E-state index contributed by atoms with van der Waals surface area (Å²) >= 11 is 0. The second-order valence-corrected chi connectivity index (χ2v) is 6.61. The van der Waals surface area contributed by atoms with E-state index in [9.17, 15) is 9.59 Å². The molecule has 1 amide bonds. The molecule has 3 rings (SSSR count). The van der Waals surface area contributed by atoms with Crippen LogP contribution in [0.5, 0.6) is 0 Å². The third-order valence-electron chi connectivity index (χ3n) is 4.76. The van der Waals surface area contributed by atoms with Crippen molar-refractivity contribution in [2.24, 2.45) is 0 Å². The van der Waals surface area contributed by atoms with Crippen LogP contribution in [0.2, 0.25) is 0 Å². The van der Waals surface area contributed by atoms with E-state index in [1.807, 2.05) is 50.2 Å². The number of anilines is 1. The van der Waals surface area contributed by atoms with Crippen molar-refractivity contribution in [2.45, 2.75) is 40.2 Å². The highest BCUT2D eigenvalue weighted by atomic mass is 16.2. The Kier molecular flexibility index (Phi) is 5.69. The van der Waals surface area contributed by atoms with Gasteiger partial charge in [-0.1, -0.05) is 49.7 Å². The number of fused-ring (bicyclic) bond motifs is 1. The van der Waals surface area contributed by atoms with Gasteiger partial charge >= 0.3 is 0 Å². The van der Waals surface area contributed by atoms with Crippen molar-refractivity contribution in [1.29, 1.82) is 0 Å². The third kappa shape index (κ3) is 3.63. The molecule has 0 N–H and O–H groups in total. The largest absolute Gasteiger partial charge is 0.307 e. The molecule has 0 bridgehead atoms. The Labute approximate surface area is 159 Å². The molecule has 0 aliphatic heterocycles. The molecule has 2 aromatic carbocycles. The average molecular weight is 363 g/mol. The second kappa shape index (κ2) is 8.16. The maximum absolute atomic E-state index is 13.4. The van der Waals surface area contributed by atoms with Gasteiger partial charge in [0.25, 0.3) is 11.5 Å². The van der Waals surface area contributed by atoms with E-state index in [0.29, 0.717) is 29.6 Å². The van der Waals surface area contributed by atoms with Crippen LogP contribution >= 0.6 is 0 Å². The van der Waals surface area contributed by atoms with Crippen molar-refractivity contribution in [2.75, 3.05) is 11.4 Å². The van der Waals surface area contributed by atoms with Crippen molar-refractivity contribution >= 4 is 22.4 Å². The van der Waals surface area contributed by atoms with Gasteiger partial charge in [-0.2, -0.15) is 5.10 Å². The molecular weight excluding hydrogens is 338 g/mol. The van der Waals surface area contributed by atoms with Crippen LogP contribution in [0.15, 0.2) is 53.3 Å². The number of hydrogen-bond acceptors (Lipinski definition) is 3. The summed E-state index contributed by atoms with van der Waals surface area (Å²) in [5, 5.41) is 5.61. The van der Waals surface area contributed by atoms with Gasteiger partial charge in [-0.05, 0) is 38.0 Å². The quantitative estimate of drug-likeness (QED) is 0.660. The van der Waals surface area contributed by atoms with Crippen LogP contribution in [-0.2, 0) is 6.54 Å². The Bertz CT molecular complexity index is 1020. The number of rotatable bonds is 6. The zero-order valence-electron chi connectivity index (χ0n) is 16.1. The molecule has 0 spiro atoms. The van der Waals surface area contributed by atoms with Crippen LogP contribution in [0, 0.1) is 6.92 Å². The number of hydrogen-bond donors (Lipinski definition) is 0. The molecule has 1 aromatic heterocycles. The smallest absolute Gasteiger partial charge is 0.279 e. The van der Waals surface area contributed by atoms with Gasteiger partial charge in [-0.3, -0.25) is 9.59 Å². The van der Waals surface area contributed by atoms with Gasteiger partial charge in [0.05, 0.1) is 5.39 Å². The van der Waals surface area contributed by atoms with E-state index in [4.69, 9.17) is 0 Å². The molecular formula is C22H25N3O2. The van der Waals surface area contributed by atoms with Crippen LogP contribution in [0.1, 0.15) is 42.7 Å². The summed E-state index contributed by atoms with van der Waals surface area (Å²) in [4.78, 5) is 27.9. The molecule has 0 aliphatic carbocycles. The van der Waals surface area contributed by atoms with Crippen molar-refractivity contribution in [3.8, 4) is 0 Å². The van der Waals surface area contributed by atoms with Gasteiger partial charge in [0.15, 0.2) is 5.69 Å². The van der Waals surface area contributed by atoms with Crippen LogP contribution in [0.25, 0.3) is 10.8 Å². The highest BCUT2D eigenvalue weighted by Crippen LogP contribution is 2.23. The lowest BCUT2D eigenvalue weighted by Crippen LogP contribution is -2.35. The first-order valence-electron chi connectivity index (χ1n) is 9.45. The maximum atomic E-state index is 13.4. The van der Waals surface area contributed by atoms with Crippen LogP contribution in [-0.4, -0.2) is 22.2 Å². The summed E-state index contributed by atoms with van der Waals surface area (Å²) in [5.41, 5.74) is 2.07. The first kappa shape index (κ1) is 18.8. The van der Waals surface area contributed by atoms with Gasteiger partial charge in [-0.15, -0.1) is 0 Å². The number of carbonyl (C=O) groups excluding carboxylic acids is 1. The molecule has 1 heterocycles. The minimum Gasteiger partial charge on any atom is -0.307 e. The number of aryl methyl sites for hydroxylation is 2. The third-order valence-corrected chi connectivity index (χ3v) is 4.76.